The van der Waals surface area contributed by atoms with Gasteiger partial charge in [0.05, 0.1) is 41.3 Å². The molecule has 1 saturated heterocycles. The summed E-state index contributed by atoms with van der Waals surface area (Å²) in [6.07, 6.45) is 9.90. The average Bonchev–Trinajstić information content (AvgIpc) is 3.74. The molecular formula is C36H38N4O3. The lowest BCUT2D eigenvalue weighted by molar-refractivity contribution is -0.140. The fourth-order valence-corrected chi connectivity index (χ4v) is 7.17. The Morgan fingerprint density at radius 1 is 1.02 bits per heavy atom. The van der Waals surface area contributed by atoms with E-state index < -0.39 is 0 Å². The van der Waals surface area contributed by atoms with Gasteiger partial charge >= 0.3 is 5.97 Å². The first-order valence-corrected chi connectivity index (χ1v) is 14.9. The number of carbonyl (C=O) groups excluding carboxylic acids is 1. The molecule has 0 saturated carbocycles. The van der Waals surface area contributed by atoms with Crippen molar-refractivity contribution >= 4 is 23.1 Å². The summed E-state index contributed by atoms with van der Waals surface area (Å²) in [4.78, 5) is 27.6. The van der Waals surface area contributed by atoms with E-state index in [1.54, 1.807) is 0 Å². The highest BCUT2D eigenvalue weighted by molar-refractivity contribution is 6.22. The van der Waals surface area contributed by atoms with Crippen molar-refractivity contribution in [2.24, 2.45) is 26.8 Å². The number of allylic oxidation sites excluding steroid dienone is 13. The van der Waals surface area contributed by atoms with Crippen LogP contribution in [0.2, 0.25) is 0 Å². The second kappa shape index (κ2) is 10.6. The summed E-state index contributed by atoms with van der Waals surface area (Å²) in [6.45, 7) is 18.8. The Balaban J connectivity index is 1.65. The quantitative estimate of drug-likeness (QED) is 0.324. The summed E-state index contributed by atoms with van der Waals surface area (Å²) in [7, 11) is 1.42. The number of aliphatic hydroxyl groups excluding tert-OH is 1. The van der Waals surface area contributed by atoms with Crippen LogP contribution < -0.4 is 5.32 Å². The fourth-order valence-electron chi connectivity index (χ4n) is 7.17. The van der Waals surface area contributed by atoms with Gasteiger partial charge in [-0.2, -0.15) is 0 Å². The molecule has 7 nitrogen and oxygen atoms in total. The van der Waals surface area contributed by atoms with Crippen LogP contribution in [0, 0.1) is 11.8 Å². The number of esters is 1. The summed E-state index contributed by atoms with van der Waals surface area (Å²) in [5, 5.41) is 15.0. The molecule has 6 rings (SSSR count). The van der Waals surface area contributed by atoms with Crippen LogP contribution >= 0.6 is 0 Å². The Morgan fingerprint density at radius 3 is 2.44 bits per heavy atom. The van der Waals surface area contributed by atoms with Gasteiger partial charge in [-0.3, -0.25) is 4.79 Å². The third kappa shape index (κ3) is 4.32. The topological polar surface area (TPSA) is 95.6 Å². The molecule has 43 heavy (non-hydrogen) atoms. The third-order valence-electron chi connectivity index (χ3n) is 9.57. The van der Waals surface area contributed by atoms with Gasteiger partial charge in [-0.1, -0.05) is 39.2 Å². The largest absolute Gasteiger partial charge is 0.511 e. The van der Waals surface area contributed by atoms with Gasteiger partial charge in [0.15, 0.2) is 0 Å². The number of ether oxygens (including phenoxy) is 1. The standard InChI is InChI=1S/C36H38N4O3/c1-9-21-17(4)26-15-29-22(10-2)18(5)33(39-29)23(11-3)34-19(6)24(12-13-31(42)43-8)35(40-34)25-14-30(41)32-20(7)27(38-36(25)32)16-28(21)37-26/h10-11,15-16,19,24,40-41H,2-3,9,12-14H2,1,4-8H3/t19-,24-/m0/s1. The monoisotopic (exact) mass is 574 g/mol. The van der Waals surface area contributed by atoms with Crippen LogP contribution in [0.15, 0.2) is 131 Å². The molecule has 1 aliphatic carbocycles. The number of fused-ring (bicyclic) bond motifs is 5. The van der Waals surface area contributed by atoms with Crippen molar-refractivity contribution in [3.63, 3.8) is 0 Å². The molecule has 0 radical (unpaired) electrons. The molecule has 0 aromatic rings. The normalized spacial score (nSPS) is 24.5. The second-order valence-electron chi connectivity index (χ2n) is 11.7. The molecule has 2 atom stereocenters. The zero-order valence-corrected chi connectivity index (χ0v) is 25.8. The van der Waals surface area contributed by atoms with Gasteiger partial charge in [-0.25, -0.2) is 15.0 Å². The first-order valence-electron chi connectivity index (χ1n) is 14.9. The number of aliphatic imine (C=N–C) groups is 3. The van der Waals surface area contributed by atoms with E-state index in [1.165, 1.54) is 12.7 Å². The predicted molar refractivity (Wildman–Crippen MR) is 173 cm³/mol. The molecule has 0 spiro atoms. The zero-order chi connectivity index (χ0) is 30.7. The van der Waals surface area contributed by atoms with Gasteiger partial charge in [-0.05, 0) is 68.1 Å². The third-order valence-corrected chi connectivity index (χ3v) is 9.57. The molecule has 5 aliphatic heterocycles. The Kier molecular flexibility index (Phi) is 7.07. The lowest BCUT2D eigenvalue weighted by atomic mass is 9.84. The Hall–Kier alpha value is -4.52. The number of hydrogen-bond acceptors (Lipinski definition) is 7. The average molecular weight is 575 g/mol. The smallest absolute Gasteiger partial charge is 0.305 e. The van der Waals surface area contributed by atoms with Crippen molar-refractivity contribution in [3.05, 3.63) is 116 Å². The Bertz CT molecular complexity index is 1770. The molecule has 0 aromatic heterocycles. The first-order chi connectivity index (χ1) is 20.6. The van der Waals surface area contributed by atoms with E-state index in [4.69, 9.17) is 19.7 Å². The molecule has 8 bridgehead atoms. The van der Waals surface area contributed by atoms with Crippen LogP contribution in [-0.4, -0.2) is 35.3 Å². The maximum Gasteiger partial charge on any atom is 0.305 e. The first kappa shape index (κ1) is 28.6. The van der Waals surface area contributed by atoms with E-state index in [-0.39, 0.29) is 24.2 Å². The lowest BCUT2D eigenvalue weighted by Gasteiger charge is -2.17. The van der Waals surface area contributed by atoms with Crippen molar-refractivity contribution in [2.75, 3.05) is 7.11 Å². The summed E-state index contributed by atoms with van der Waals surface area (Å²) in [5.74, 6) is 0.0696. The molecule has 0 unspecified atom stereocenters. The van der Waals surface area contributed by atoms with Gasteiger partial charge < -0.3 is 15.2 Å². The molecule has 5 heterocycles. The number of hydrogen-bond donors (Lipinski definition) is 2. The van der Waals surface area contributed by atoms with Crippen molar-refractivity contribution < 1.29 is 14.6 Å². The van der Waals surface area contributed by atoms with Gasteiger partial charge in [0.25, 0.3) is 0 Å². The minimum absolute atomic E-state index is 0.0214. The summed E-state index contributed by atoms with van der Waals surface area (Å²) >= 11 is 0. The maximum atomic E-state index is 12.3. The maximum absolute atomic E-state index is 12.3. The minimum atomic E-state index is -0.246. The molecule has 0 aromatic carbocycles. The number of nitrogens with one attached hydrogen (secondary N) is 1. The van der Waals surface area contributed by atoms with Crippen LogP contribution in [0.3, 0.4) is 0 Å². The Labute approximate surface area is 253 Å². The van der Waals surface area contributed by atoms with Gasteiger partial charge in [0, 0.05) is 58.4 Å². The van der Waals surface area contributed by atoms with E-state index in [1.807, 2.05) is 25.2 Å². The van der Waals surface area contributed by atoms with E-state index in [0.29, 0.717) is 18.6 Å². The predicted octanol–water partition coefficient (Wildman–Crippen LogP) is 7.35. The van der Waals surface area contributed by atoms with Crippen molar-refractivity contribution in [1.29, 1.82) is 0 Å². The van der Waals surface area contributed by atoms with Crippen LogP contribution in [0.1, 0.15) is 60.3 Å². The van der Waals surface area contributed by atoms with Crippen LogP contribution in [0.5, 0.6) is 0 Å². The molecule has 2 N–H and O–H groups in total. The van der Waals surface area contributed by atoms with Crippen molar-refractivity contribution in [2.45, 2.75) is 60.3 Å². The highest BCUT2D eigenvalue weighted by Gasteiger charge is 2.42. The lowest BCUT2D eigenvalue weighted by Crippen LogP contribution is -2.16. The van der Waals surface area contributed by atoms with Crippen LogP contribution in [0.25, 0.3) is 0 Å². The second-order valence-corrected chi connectivity index (χ2v) is 11.7. The van der Waals surface area contributed by atoms with Crippen molar-refractivity contribution in [1.82, 2.24) is 5.32 Å². The van der Waals surface area contributed by atoms with E-state index in [9.17, 15) is 9.90 Å². The minimum Gasteiger partial charge on any atom is -0.511 e. The number of nitrogens with zero attached hydrogens (tertiary/aromatic N) is 3. The molecule has 0 amide bonds. The summed E-state index contributed by atoms with van der Waals surface area (Å²) < 4.78 is 5.00. The number of carbonyl (C=O) groups is 1. The number of aliphatic hydroxyl groups is 1. The molecule has 7 heteroatoms. The highest BCUT2D eigenvalue weighted by Crippen LogP contribution is 2.47. The summed E-state index contributed by atoms with van der Waals surface area (Å²) in [6, 6.07) is 0. The van der Waals surface area contributed by atoms with E-state index in [0.717, 1.165) is 91.1 Å². The van der Waals surface area contributed by atoms with Gasteiger partial charge in [0.2, 0.25) is 0 Å². The van der Waals surface area contributed by atoms with Crippen LogP contribution in [0.4, 0.5) is 0 Å². The molecule has 6 aliphatic rings. The fraction of sp³-hybridized carbons (Fsp3) is 0.333. The number of rotatable bonds is 6. The molecule has 1 fully saturated rings. The van der Waals surface area contributed by atoms with Crippen molar-refractivity contribution in [3.8, 4) is 0 Å². The SMILES string of the molecule is C=CC1=C(C)C2=NC1=CC1=NC(=CC3=C(C)C4=C(O)CC(=C5NC(=C2C=C)[C@@H](C)[C@@H]5CCC(=O)OC)C4=N3)C(CC)=C1C. The van der Waals surface area contributed by atoms with Gasteiger partial charge in [-0.15, -0.1) is 0 Å². The molecule has 220 valence electrons. The van der Waals surface area contributed by atoms with Crippen LogP contribution in [-0.2, 0) is 9.53 Å². The molecular weight excluding hydrogens is 536 g/mol. The summed E-state index contributed by atoms with van der Waals surface area (Å²) in [5.41, 5.74) is 14.9. The van der Waals surface area contributed by atoms with Gasteiger partial charge in [0.1, 0.15) is 5.76 Å². The number of methoxy groups -OCH3 is 1. The highest BCUT2D eigenvalue weighted by atomic mass is 16.5. The van der Waals surface area contributed by atoms with E-state index >= 15 is 0 Å². The zero-order valence-electron chi connectivity index (χ0n) is 25.8. The Morgan fingerprint density at radius 2 is 1.77 bits per heavy atom. The van der Waals surface area contributed by atoms with E-state index in [2.05, 4.69) is 52.2 Å².